The molecule has 0 heterocycles. The smallest absolute Gasteiger partial charge is 0.255 e. The lowest BCUT2D eigenvalue weighted by Gasteiger charge is -2.53. The molecule has 1 fully saturated rings. The molecule has 6 atom stereocenters. The number of phenolic OH excluding ortho intramolecular Hbond substituents is 1. The number of hydrogen-bond acceptors (Lipinski definition) is 11. The molecule has 3 aliphatic carbocycles. The Morgan fingerprint density at radius 2 is 1.80 bits per heavy atom. The average Bonchev–Trinajstić information content (AvgIpc) is 2.85. The summed E-state index contributed by atoms with van der Waals surface area (Å²) >= 11 is 0. The number of fused-ring (bicyclic) bond motifs is 3. The van der Waals surface area contributed by atoms with Gasteiger partial charge in [0.2, 0.25) is 12.3 Å². The zero-order valence-corrected chi connectivity index (χ0v) is 23.4. The first-order valence-corrected chi connectivity index (χ1v) is 13.2. The van der Waals surface area contributed by atoms with Crippen LogP contribution in [-0.2, 0) is 19.8 Å². The molecule has 0 bridgehead atoms. The molecule has 1 aromatic carbocycles. The van der Waals surface area contributed by atoms with E-state index in [9.17, 15) is 50.0 Å². The van der Waals surface area contributed by atoms with Gasteiger partial charge in [-0.25, -0.2) is 0 Å². The number of primary amides is 1. The third-order valence-electron chi connectivity index (χ3n) is 9.00. The Bertz CT molecular complexity index is 1430. The fraction of sp³-hybridized carbons (Fsp3) is 0.536. The van der Waals surface area contributed by atoms with Crippen molar-refractivity contribution in [2.45, 2.75) is 62.7 Å². The van der Waals surface area contributed by atoms with Gasteiger partial charge in [0.25, 0.3) is 5.91 Å². The molecule has 1 saturated carbocycles. The summed E-state index contributed by atoms with van der Waals surface area (Å²) in [6.45, 7) is 4.92. The van der Waals surface area contributed by atoms with E-state index in [0.29, 0.717) is 17.5 Å². The molecule has 13 heteroatoms. The summed E-state index contributed by atoms with van der Waals surface area (Å²) in [5.41, 5.74) is 0.741. The zero-order chi connectivity index (χ0) is 30.9. The summed E-state index contributed by atoms with van der Waals surface area (Å²) in [4.78, 5) is 51.1. The number of rotatable bonds is 7. The lowest BCUT2D eigenvalue weighted by atomic mass is 9.54. The van der Waals surface area contributed by atoms with Gasteiger partial charge in [0, 0.05) is 28.4 Å². The van der Waals surface area contributed by atoms with Crippen LogP contribution in [0.4, 0.5) is 0 Å². The van der Waals surface area contributed by atoms with Crippen molar-refractivity contribution in [3.8, 4) is 5.75 Å². The van der Waals surface area contributed by atoms with Crippen molar-refractivity contribution in [1.82, 2.24) is 4.90 Å². The Kier molecular flexibility index (Phi) is 7.30. The molecule has 4 rings (SSSR count). The van der Waals surface area contributed by atoms with Crippen LogP contribution in [0.15, 0.2) is 29.0 Å². The third-order valence-corrected chi connectivity index (χ3v) is 9.00. The maximum absolute atomic E-state index is 14.1. The summed E-state index contributed by atoms with van der Waals surface area (Å²) in [5.74, 6) is -9.49. The highest BCUT2D eigenvalue weighted by molar-refractivity contribution is 6.24. The highest BCUT2D eigenvalue weighted by atomic mass is 16.6. The van der Waals surface area contributed by atoms with Crippen LogP contribution >= 0.6 is 0 Å². The van der Waals surface area contributed by atoms with Crippen LogP contribution in [0.1, 0.15) is 56.2 Å². The molecule has 222 valence electrons. The number of nitro groups is 1. The summed E-state index contributed by atoms with van der Waals surface area (Å²) in [6.07, 6.45) is -1.13. The summed E-state index contributed by atoms with van der Waals surface area (Å²) in [5, 5.41) is 68.1. The lowest BCUT2D eigenvalue weighted by Crippen LogP contribution is -2.70. The number of carbonyl (C=O) groups excluding carboxylic acids is 3. The summed E-state index contributed by atoms with van der Waals surface area (Å²) in [6, 6.07) is 1.83. The van der Waals surface area contributed by atoms with Gasteiger partial charge in [-0.05, 0) is 37.4 Å². The van der Waals surface area contributed by atoms with E-state index in [4.69, 9.17) is 5.73 Å². The van der Waals surface area contributed by atoms with Crippen molar-refractivity contribution in [1.29, 1.82) is 0 Å². The van der Waals surface area contributed by atoms with Gasteiger partial charge in [0.15, 0.2) is 11.4 Å². The van der Waals surface area contributed by atoms with E-state index in [-0.39, 0.29) is 24.3 Å². The van der Waals surface area contributed by atoms with Gasteiger partial charge in [0.05, 0.1) is 23.6 Å². The Balaban J connectivity index is 1.95. The third kappa shape index (κ3) is 4.21. The lowest BCUT2D eigenvalue weighted by molar-refractivity contribution is -0.480. The van der Waals surface area contributed by atoms with Crippen LogP contribution in [0.25, 0.3) is 5.76 Å². The molecule has 0 saturated heterocycles. The Labute approximate surface area is 235 Å². The molecule has 0 radical (unpaired) electrons. The number of amides is 1. The van der Waals surface area contributed by atoms with Crippen LogP contribution in [0.2, 0.25) is 0 Å². The minimum Gasteiger partial charge on any atom is -0.508 e. The van der Waals surface area contributed by atoms with Crippen molar-refractivity contribution < 1.29 is 44.8 Å². The van der Waals surface area contributed by atoms with E-state index < -0.39 is 86.0 Å². The molecular formula is C28H35N3O10. The van der Waals surface area contributed by atoms with Crippen molar-refractivity contribution in [3.63, 3.8) is 0 Å². The van der Waals surface area contributed by atoms with E-state index in [1.165, 1.54) is 19.0 Å². The number of aliphatic hydroxyl groups excluding tert-OH is 3. The number of benzene rings is 1. The van der Waals surface area contributed by atoms with E-state index >= 15 is 0 Å². The fourth-order valence-electron chi connectivity index (χ4n) is 6.95. The molecule has 1 amide bonds. The molecule has 13 nitrogen and oxygen atoms in total. The number of aliphatic hydroxyl groups is 4. The van der Waals surface area contributed by atoms with Gasteiger partial charge in [-0.15, -0.1) is 0 Å². The summed E-state index contributed by atoms with van der Waals surface area (Å²) in [7, 11) is 2.88. The SMILES string of the molecule is C[C@@H]1c2ccc(C(C)(C)CCC[N+](=O)[O-])c(O)c2C(O)=C2C(=O)[C@@]3(O)C(O)=C(C(N)=O)C(=O)[C@H](N(C)C)[C@H]3[C@H](O)[C@H]21. The second-order valence-corrected chi connectivity index (χ2v) is 12.0. The Morgan fingerprint density at radius 1 is 1.20 bits per heavy atom. The maximum atomic E-state index is 14.1. The van der Waals surface area contributed by atoms with Gasteiger partial charge in [0.1, 0.15) is 22.8 Å². The minimum atomic E-state index is -2.99. The van der Waals surface area contributed by atoms with Gasteiger partial charge in [-0.3, -0.25) is 29.4 Å². The first-order chi connectivity index (χ1) is 18.9. The number of nitrogens with zero attached hydrogens (tertiary/aromatic N) is 2. The molecule has 0 aliphatic heterocycles. The van der Waals surface area contributed by atoms with Gasteiger partial charge < -0.3 is 31.3 Å². The van der Waals surface area contributed by atoms with Crippen LogP contribution in [0.5, 0.6) is 5.75 Å². The zero-order valence-electron chi connectivity index (χ0n) is 23.4. The second-order valence-electron chi connectivity index (χ2n) is 12.0. The van der Waals surface area contributed by atoms with E-state index in [1.807, 2.05) is 0 Å². The largest absolute Gasteiger partial charge is 0.508 e. The standard InChI is InChI=1S/C28H35N3O10/c1-11-12-7-8-13(27(2,3)9-6-10-31(40)41)20(32)15(12)21(33)16-14(11)22(34)18-19(30(4)5)23(35)17(26(29)38)25(37)28(18,39)24(16)36/h7-8,11,14,18-19,22,32-34,37,39H,6,9-10H2,1-5H3,(H2,29,38)/t11-,14+,18+,19-,22-,28-/m1/s1. The quantitative estimate of drug-likeness (QED) is 0.152. The monoisotopic (exact) mass is 573 g/mol. The van der Waals surface area contributed by atoms with Gasteiger partial charge in [-0.1, -0.05) is 32.9 Å². The van der Waals surface area contributed by atoms with Crippen molar-refractivity contribution in [2.75, 3.05) is 20.6 Å². The molecule has 0 spiro atoms. The fourth-order valence-corrected chi connectivity index (χ4v) is 6.95. The molecule has 3 aliphatic rings. The topological polar surface area (TPSA) is 225 Å². The number of carbonyl (C=O) groups is 3. The van der Waals surface area contributed by atoms with Crippen LogP contribution in [-0.4, -0.2) is 91.2 Å². The molecule has 41 heavy (non-hydrogen) atoms. The molecular weight excluding hydrogens is 538 g/mol. The highest BCUT2D eigenvalue weighted by Crippen LogP contribution is 2.57. The van der Waals surface area contributed by atoms with Crippen molar-refractivity contribution in [3.05, 3.63) is 55.8 Å². The van der Waals surface area contributed by atoms with Gasteiger partial charge >= 0.3 is 0 Å². The number of likely N-dealkylation sites (N-methyl/N-ethyl adjacent to an activating group) is 1. The van der Waals surface area contributed by atoms with Crippen LogP contribution in [0.3, 0.4) is 0 Å². The number of aromatic hydroxyl groups is 1. The average molecular weight is 574 g/mol. The Morgan fingerprint density at radius 3 is 2.34 bits per heavy atom. The van der Waals surface area contributed by atoms with E-state index in [1.54, 1.807) is 32.9 Å². The normalized spacial score (nSPS) is 29.8. The van der Waals surface area contributed by atoms with Crippen LogP contribution < -0.4 is 5.73 Å². The number of hydrogen-bond donors (Lipinski definition) is 6. The second kappa shape index (κ2) is 9.93. The number of ketones is 2. The molecule has 7 N–H and O–H groups in total. The van der Waals surface area contributed by atoms with Gasteiger partial charge in [-0.2, -0.15) is 0 Å². The maximum Gasteiger partial charge on any atom is 0.255 e. The van der Waals surface area contributed by atoms with Crippen molar-refractivity contribution in [2.24, 2.45) is 17.6 Å². The number of nitrogens with two attached hydrogens (primary N) is 1. The number of Topliss-reactive ketones (excluding diaryl/α,β-unsaturated/α-hetero) is 2. The molecule has 0 aromatic heterocycles. The van der Waals surface area contributed by atoms with E-state index in [2.05, 4.69) is 0 Å². The number of phenols is 1. The minimum absolute atomic E-state index is 0.110. The first-order valence-electron chi connectivity index (χ1n) is 13.2. The predicted molar refractivity (Wildman–Crippen MR) is 144 cm³/mol. The highest BCUT2D eigenvalue weighted by Gasteiger charge is 2.68. The van der Waals surface area contributed by atoms with Crippen molar-refractivity contribution >= 4 is 23.2 Å². The van der Waals surface area contributed by atoms with Crippen LogP contribution in [0, 0.1) is 22.0 Å². The molecule has 1 aromatic rings. The Hall–Kier alpha value is -3.81. The van der Waals surface area contributed by atoms with E-state index in [0.717, 1.165) is 0 Å². The molecule has 0 unspecified atom stereocenters. The summed E-state index contributed by atoms with van der Waals surface area (Å²) < 4.78 is 0. The first kappa shape index (κ1) is 30.2. The predicted octanol–water partition coefficient (Wildman–Crippen LogP) is 0.830.